The van der Waals surface area contributed by atoms with E-state index < -0.39 is 4.92 Å². The molecule has 1 aliphatic heterocycles. The second-order valence-corrected chi connectivity index (χ2v) is 6.07. The van der Waals surface area contributed by atoms with Crippen LogP contribution in [0.1, 0.15) is 24.1 Å². The Kier molecular flexibility index (Phi) is 9.01. The van der Waals surface area contributed by atoms with Gasteiger partial charge in [-0.1, -0.05) is 31.2 Å². The fourth-order valence-corrected chi connectivity index (χ4v) is 3.12. The van der Waals surface area contributed by atoms with Gasteiger partial charge in [-0.15, -0.1) is 24.8 Å². The summed E-state index contributed by atoms with van der Waals surface area (Å²) in [6.07, 6.45) is 3.84. The Balaban J connectivity index is 0.00000169. The predicted molar refractivity (Wildman–Crippen MR) is 106 cm³/mol. The van der Waals surface area contributed by atoms with E-state index in [1.54, 1.807) is 4.68 Å². The maximum atomic E-state index is 10.7. The standard InChI is InChI=1S/C17H23N5O2.2ClH/c1-2-14-3-5-15(6-4-14)17-12-18-7-8-20(17)9-10-21-13-16(11-19-21)22(23)24;;/h3-6,11,13,17-18H,2,7-10,12H2,1H3;2*1H. The number of piperazine rings is 1. The van der Waals surface area contributed by atoms with Gasteiger partial charge in [0.05, 0.1) is 11.5 Å². The highest BCUT2D eigenvalue weighted by molar-refractivity contribution is 5.85. The Morgan fingerprint density at radius 3 is 2.62 bits per heavy atom. The highest BCUT2D eigenvalue weighted by Gasteiger charge is 2.23. The Morgan fingerprint density at radius 1 is 1.27 bits per heavy atom. The van der Waals surface area contributed by atoms with Gasteiger partial charge in [0.15, 0.2) is 0 Å². The normalized spacial score (nSPS) is 17.2. The first-order chi connectivity index (χ1) is 11.7. The summed E-state index contributed by atoms with van der Waals surface area (Å²) in [7, 11) is 0. The second-order valence-electron chi connectivity index (χ2n) is 6.07. The molecule has 0 spiro atoms. The smallest absolute Gasteiger partial charge is 0.306 e. The summed E-state index contributed by atoms with van der Waals surface area (Å²) in [6, 6.07) is 9.14. The summed E-state index contributed by atoms with van der Waals surface area (Å²) in [5.74, 6) is 0. The molecule has 2 aromatic rings. The summed E-state index contributed by atoms with van der Waals surface area (Å²) < 4.78 is 1.65. The number of aryl methyl sites for hydroxylation is 1. The first-order valence-electron chi connectivity index (χ1n) is 8.38. The highest BCUT2D eigenvalue weighted by atomic mass is 35.5. The van der Waals surface area contributed by atoms with Gasteiger partial charge in [0, 0.05) is 32.2 Å². The maximum absolute atomic E-state index is 10.7. The summed E-state index contributed by atoms with van der Waals surface area (Å²) in [5.41, 5.74) is 2.70. The Hall–Kier alpha value is -1.67. The zero-order valence-corrected chi connectivity index (χ0v) is 16.3. The van der Waals surface area contributed by atoms with E-state index in [0.29, 0.717) is 12.6 Å². The largest absolute Gasteiger partial charge is 0.314 e. The lowest BCUT2D eigenvalue weighted by atomic mass is 10.0. The molecule has 0 radical (unpaired) electrons. The van der Waals surface area contributed by atoms with Gasteiger partial charge in [-0.25, -0.2) is 0 Å². The number of nitrogens with zero attached hydrogens (tertiary/aromatic N) is 4. The number of aromatic nitrogens is 2. The second kappa shape index (κ2) is 10.5. The number of benzene rings is 1. The minimum Gasteiger partial charge on any atom is -0.314 e. The van der Waals surface area contributed by atoms with Crippen LogP contribution in [-0.2, 0) is 13.0 Å². The Bertz CT molecular complexity index is 693. The fraction of sp³-hybridized carbons (Fsp3) is 0.471. The van der Waals surface area contributed by atoms with Crippen LogP contribution in [0.5, 0.6) is 0 Å². The van der Waals surface area contributed by atoms with Crippen molar-refractivity contribution >= 4 is 30.5 Å². The van der Waals surface area contributed by atoms with Crippen LogP contribution in [0.3, 0.4) is 0 Å². The number of rotatable bonds is 6. The minimum atomic E-state index is -0.410. The molecule has 144 valence electrons. The number of halogens is 2. The van der Waals surface area contributed by atoms with Crippen molar-refractivity contribution in [2.45, 2.75) is 25.9 Å². The lowest BCUT2D eigenvalue weighted by Gasteiger charge is -2.36. The van der Waals surface area contributed by atoms with Crippen LogP contribution >= 0.6 is 24.8 Å². The molecule has 1 aliphatic rings. The third kappa shape index (κ3) is 5.41. The lowest BCUT2D eigenvalue weighted by molar-refractivity contribution is -0.385. The highest BCUT2D eigenvalue weighted by Crippen LogP contribution is 2.22. The molecular weight excluding hydrogens is 377 g/mol. The number of nitro groups is 1. The predicted octanol–water partition coefficient (Wildman–Crippen LogP) is 2.84. The molecule has 1 fully saturated rings. The summed E-state index contributed by atoms with van der Waals surface area (Å²) >= 11 is 0. The monoisotopic (exact) mass is 401 g/mol. The molecule has 1 aromatic heterocycles. The van der Waals surface area contributed by atoms with Gasteiger partial charge in [-0.05, 0) is 17.5 Å². The lowest BCUT2D eigenvalue weighted by Crippen LogP contribution is -2.47. The SMILES string of the molecule is CCc1ccc(C2CNCCN2CCn2cc([N+](=O)[O-])cn2)cc1.Cl.Cl. The van der Waals surface area contributed by atoms with Crippen molar-refractivity contribution in [1.82, 2.24) is 20.0 Å². The van der Waals surface area contributed by atoms with Crippen LogP contribution in [0.15, 0.2) is 36.7 Å². The van der Waals surface area contributed by atoms with Crippen molar-refractivity contribution in [3.63, 3.8) is 0 Å². The topological polar surface area (TPSA) is 76.2 Å². The van der Waals surface area contributed by atoms with Crippen molar-refractivity contribution in [3.05, 3.63) is 57.9 Å². The zero-order chi connectivity index (χ0) is 16.9. The van der Waals surface area contributed by atoms with Gasteiger partial charge in [0.1, 0.15) is 12.4 Å². The molecule has 26 heavy (non-hydrogen) atoms. The third-order valence-corrected chi connectivity index (χ3v) is 4.57. The molecule has 3 rings (SSSR count). The molecule has 9 heteroatoms. The number of nitrogens with one attached hydrogen (secondary N) is 1. The molecule has 0 amide bonds. The van der Waals surface area contributed by atoms with E-state index in [1.807, 2.05) is 0 Å². The molecule has 1 aromatic carbocycles. The maximum Gasteiger partial charge on any atom is 0.306 e. The van der Waals surface area contributed by atoms with Gasteiger partial charge in [-0.3, -0.25) is 19.7 Å². The van der Waals surface area contributed by atoms with E-state index in [9.17, 15) is 10.1 Å². The third-order valence-electron chi connectivity index (χ3n) is 4.57. The number of hydrogen-bond donors (Lipinski definition) is 1. The van der Waals surface area contributed by atoms with Crippen LogP contribution in [0.25, 0.3) is 0 Å². The summed E-state index contributed by atoms with van der Waals surface area (Å²) in [6.45, 7) is 6.47. The van der Waals surface area contributed by atoms with E-state index >= 15 is 0 Å². The molecule has 1 unspecified atom stereocenters. The molecule has 0 bridgehead atoms. The summed E-state index contributed by atoms with van der Waals surface area (Å²) in [5, 5.41) is 18.3. The van der Waals surface area contributed by atoms with Crippen LogP contribution in [0.4, 0.5) is 5.69 Å². The molecule has 0 saturated carbocycles. The molecule has 1 atom stereocenters. The van der Waals surface area contributed by atoms with Gasteiger partial charge in [0.25, 0.3) is 0 Å². The van der Waals surface area contributed by atoms with E-state index in [4.69, 9.17) is 0 Å². The molecule has 1 N–H and O–H groups in total. The van der Waals surface area contributed by atoms with Gasteiger partial charge >= 0.3 is 5.69 Å². The number of hydrogen-bond acceptors (Lipinski definition) is 5. The van der Waals surface area contributed by atoms with Crippen LogP contribution in [0, 0.1) is 10.1 Å². The molecule has 7 nitrogen and oxygen atoms in total. The van der Waals surface area contributed by atoms with Crippen molar-refractivity contribution < 1.29 is 4.92 Å². The quantitative estimate of drug-likeness (QED) is 0.594. The Morgan fingerprint density at radius 2 is 2.00 bits per heavy atom. The van der Waals surface area contributed by atoms with Crippen LogP contribution in [-0.4, -0.2) is 45.8 Å². The van der Waals surface area contributed by atoms with E-state index in [0.717, 1.165) is 32.6 Å². The van der Waals surface area contributed by atoms with Gasteiger partial charge in [0.2, 0.25) is 0 Å². The van der Waals surface area contributed by atoms with E-state index in [2.05, 4.69) is 46.5 Å². The zero-order valence-electron chi connectivity index (χ0n) is 14.7. The first-order valence-corrected chi connectivity index (χ1v) is 8.38. The molecular formula is C17H25Cl2N5O2. The fourth-order valence-electron chi connectivity index (χ4n) is 3.12. The van der Waals surface area contributed by atoms with E-state index in [1.165, 1.54) is 23.5 Å². The summed E-state index contributed by atoms with van der Waals surface area (Å²) in [4.78, 5) is 12.8. The van der Waals surface area contributed by atoms with E-state index in [-0.39, 0.29) is 30.5 Å². The van der Waals surface area contributed by atoms with Crippen molar-refractivity contribution in [2.75, 3.05) is 26.2 Å². The minimum absolute atomic E-state index is 0. The van der Waals surface area contributed by atoms with Crippen molar-refractivity contribution in [1.29, 1.82) is 0 Å². The Labute approximate surface area is 165 Å². The molecule has 1 saturated heterocycles. The van der Waals surface area contributed by atoms with Crippen LogP contribution in [0.2, 0.25) is 0 Å². The van der Waals surface area contributed by atoms with Crippen LogP contribution < -0.4 is 5.32 Å². The average molecular weight is 402 g/mol. The van der Waals surface area contributed by atoms with Crippen molar-refractivity contribution in [2.24, 2.45) is 0 Å². The average Bonchev–Trinajstić information content (AvgIpc) is 3.10. The molecule has 2 heterocycles. The van der Waals surface area contributed by atoms with Gasteiger partial charge < -0.3 is 5.32 Å². The molecule has 0 aliphatic carbocycles. The van der Waals surface area contributed by atoms with Crippen molar-refractivity contribution in [3.8, 4) is 0 Å². The first kappa shape index (κ1) is 22.4. The van der Waals surface area contributed by atoms with Gasteiger partial charge in [-0.2, -0.15) is 5.10 Å².